The van der Waals surface area contributed by atoms with Gasteiger partial charge in [-0.2, -0.15) is 0 Å². The maximum absolute atomic E-state index is 3.65. The molecule has 1 N–H and O–H groups in total. The average molecular weight is 198 g/mol. The van der Waals surface area contributed by atoms with Gasteiger partial charge in [-0.1, -0.05) is 13.3 Å². The number of nitrogens with one attached hydrogen (secondary N) is 1. The Kier molecular flexibility index (Phi) is 5.49. The third-order valence-corrected chi connectivity index (χ3v) is 3.20. The van der Waals surface area contributed by atoms with E-state index in [-0.39, 0.29) is 0 Å². The fourth-order valence-corrected chi connectivity index (χ4v) is 2.34. The second kappa shape index (κ2) is 6.41. The van der Waals surface area contributed by atoms with Crippen LogP contribution in [0.15, 0.2) is 0 Å². The van der Waals surface area contributed by atoms with Crippen LogP contribution >= 0.6 is 0 Å². The van der Waals surface area contributed by atoms with Crippen LogP contribution in [0.4, 0.5) is 0 Å². The normalized spacial score (nSPS) is 26.4. The molecule has 0 saturated carbocycles. The lowest BCUT2D eigenvalue weighted by Crippen LogP contribution is -2.39. The van der Waals surface area contributed by atoms with Crippen molar-refractivity contribution in [3.63, 3.8) is 0 Å². The van der Waals surface area contributed by atoms with Crippen LogP contribution in [0.3, 0.4) is 0 Å². The van der Waals surface area contributed by atoms with Gasteiger partial charge in [-0.05, 0) is 52.2 Å². The summed E-state index contributed by atoms with van der Waals surface area (Å²) in [5.41, 5.74) is 0. The van der Waals surface area contributed by atoms with E-state index in [1.54, 1.807) is 0 Å². The minimum Gasteiger partial charge on any atom is -0.314 e. The molecule has 2 nitrogen and oxygen atoms in total. The summed E-state index contributed by atoms with van der Waals surface area (Å²) in [6.07, 6.45) is 5.39. The fraction of sp³-hybridized carbons (Fsp3) is 1.00. The molecule has 1 aliphatic rings. The van der Waals surface area contributed by atoms with Crippen molar-refractivity contribution in [3.05, 3.63) is 0 Å². The number of piperidine rings is 1. The molecule has 2 atom stereocenters. The van der Waals surface area contributed by atoms with Crippen LogP contribution in [0.5, 0.6) is 0 Å². The maximum Gasteiger partial charge on any atom is 0.00387 e. The monoisotopic (exact) mass is 198 g/mol. The van der Waals surface area contributed by atoms with Crippen LogP contribution < -0.4 is 5.32 Å². The molecule has 1 rings (SSSR count). The molecule has 2 heteroatoms. The van der Waals surface area contributed by atoms with Gasteiger partial charge in [0.05, 0.1) is 0 Å². The van der Waals surface area contributed by atoms with Crippen LogP contribution in [0.2, 0.25) is 0 Å². The molecular weight excluding hydrogens is 172 g/mol. The molecule has 0 aromatic heterocycles. The molecule has 0 amide bonds. The fourth-order valence-electron chi connectivity index (χ4n) is 2.34. The van der Waals surface area contributed by atoms with Gasteiger partial charge in [0.2, 0.25) is 0 Å². The van der Waals surface area contributed by atoms with Crippen molar-refractivity contribution in [2.75, 3.05) is 26.7 Å². The highest BCUT2D eigenvalue weighted by Gasteiger charge is 2.16. The SMILES string of the molecule is CCCC(C)NCC1CCCN(C)C1. The predicted octanol–water partition coefficient (Wildman–Crippen LogP) is 2.11. The first kappa shape index (κ1) is 12.0. The standard InChI is InChI=1S/C12H26N2/c1-4-6-11(2)13-9-12-7-5-8-14(3)10-12/h11-13H,4-10H2,1-3H3. The number of nitrogens with zero attached hydrogens (tertiary/aromatic N) is 1. The molecular formula is C12H26N2. The van der Waals surface area contributed by atoms with Gasteiger partial charge in [0.25, 0.3) is 0 Å². The average Bonchev–Trinajstić information content (AvgIpc) is 2.15. The third kappa shape index (κ3) is 4.43. The molecule has 2 unspecified atom stereocenters. The van der Waals surface area contributed by atoms with Crippen molar-refractivity contribution in [2.45, 2.75) is 45.6 Å². The van der Waals surface area contributed by atoms with Crippen LogP contribution in [-0.4, -0.2) is 37.6 Å². The van der Waals surface area contributed by atoms with E-state index >= 15 is 0 Å². The van der Waals surface area contributed by atoms with Gasteiger partial charge in [0.1, 0.15) is 0 Å². The molecule has 84 valence electrons. The Morgan fingerprint density at radius 3 is 2.93 bits per heavy atom. The molecule has 1 heterocycles. The minimum absolute atomic E-state index is 0.701. The Hall–Kier alpha value is -0.0800. The highest BCUT2D eigenvalue weighted by Crippen LogP contribution is 2.14. The summed E-state index contributed by atoms with van der Waals surface area (Å²) in [6, 6.07) is 0.701. The Balaban J connectivity index is 2.10. The van der Waals surface area contributed by atoms with Crippen LogP contribution in [-0.2, 0) is 0 Å². The molecule has 1 fully saturated rings. The Bertz CT molecular complexity index is 147. The molecule has 0 radical (unpaired) electrons. The zero-order chi connectivity index (χ0) is 10.4. The Morgan fingerprint density at radius 1 is 1.50 bits per heavy atom. The number of likely N-dealkylation sites (tertiary alicyclic amines) is 1. The summed E-state index contributed by atoms with van der Waals surface area (Å²) < 4.78 is 0. The van der Waals surface area contributed by atoms with E-state index in [2.05, 4.69) is 31.1 Å². The number of rotatable bonds is 5. The second-order valence-electron chi connectivity index (χ2n) is 4.87. The first-order valence-electron chi connectivity index (χ1n) is 6.14. The zero-order valence-electron chi connectivity index (χ0n) is 10.1. The van der Waals surface area contributed by atoms with E-state index in [4.69, 9.17) is 0 Å². The topological polar surface area (TPSA) is 15.3 Å². The lowest BCUT2D eigenvalue weighted by molar-refractivity contribution is 0.203. The van der Waals surface area contributed by atoms with Gasteiger partial charge in [0.15, 0.2) is 0 Å². The Labute approximate surface area is 89.1 Å². The van der Waals surface area contributed by atoms with E-state index in [1.807, 2.05) is 0 Å². The zero-order valence-corrected chi connectivity index (χ0v) is 10.1. The highest BCUT2D eigenvalue weighted by molar-refractivity contribution is 4.73. The van der Waals surface area contributed by atoms with E-state index in [0.29, 0.717) is 6.04 Å². The van der Waals surface area contributed by atoms with Crippen molar-refractivity contribution in [1.29, 1.82) is 0 Å². The summed E-state index contributed by atoms with van der Waals surface area (Å²) in [5.74, 6) is 0.882. The van der Waals surface area contributed by atoms with Crippen LogP contribution in [0.1, 0.15) is 39.5 Å². The van der Waals surface area contributed by atoms with Crippen LogP contribution in [0, 0.1) is 5.92 Å². The lowest BCUT2D eigenvalue weighted by Gasteiger charge is -2.30. The summed E-state index contributed by atoms with van der Waals surface area (Å²) in [5, 5.41) is 3.65. The molecule has 0 aliphatic carbocycles. The van der Waals surface area contributed by atoms with Gasteiger partial charge in [-0.3, -0.25) is 0 Å². The molecule has 1 aliphatic heterocycles. The van der Waals surface area contributed by atoms with Gasteiger partial charge < -0.3 is 10.2 Å². The van der Waals surface area contributed by atoms with Crippen LogP contribution in [0.25, 0.3) is 0 Å². The largest absolute Gasteiger partial charge is 0.314 e. The smallest absolute Gasteiger partial charge is 0.00387 e. The Morgan fingerprint density at radius 2 is 2.29 bits per heavy atom. The third-order valence-electron chi connectivity index (χ3n) is 3.20. The van der Waals surface area contributed by atoms with Crippen molar-refractivity contribution in [3.8, 4) is 0 Å². The highest BCUT2D eigenvalue weighted by atomic mass is 15.1. The van der Waals surface area contributed by atoms with Gasteiger partial charge >= 0.3 is 0 Å². The van der Waals surface area contributed by atoms with Gasteiger partial charge in [-0.25, -0.2) is 0 Å². The summed E-state index contributed by atoms with van der Waals surface area (Å²) in [6.45, 7) is 8.35. The second-order valence-corrected chi connectivity index (χ2v) is 4.87. The summed E-state index contributed by atoms with van der Waals surface area (Å²) >= 11 is 0. The van der Waals surface area contributed by atoms with E-state index in [9.17, 15) is 0 Å². The number of hydrogen-bond donors (Lipinski definition) is 1. The van der Waals surface area contributed by atoms with Crippen molar-refractivity contribution < 1.29 is 0 Å². The number of hydrogen-bond acceptors (Lipinski definition) is 2. The lowest BCUT2D eigenvalue weighted by atomic mass is 9.98. The molecule has 14 heavy (non-hydrogen) atoms. The first-order chi connectivity index (χ1) is 6.72. The van der Waals surface area contributed by atoms with Crippen molar-refractivity contribution in [1.82, 2.24) is 10.2 Å². The summed E-state index contributed by atoms with van der Waals surface area (Å²) in [4.78, 5) is 2.46. The molecule has 0 bridgehead atoms. The van der Waals surface area contributed by atoms with Crippen molar-refractivity contribution >= 4 is 0 Å². The molecule has 0 spiro atoms. The summed E-state index contributed by atoms with van der Waals surface area (Å²) in [7, 11) is 2.24. The van der Waals surface area contributed by atoms with Crippen molar-refractivity contribution in [2.24, 2.45) is 5.92 Å². The maximum atomic E-state index is 3.65. The predicted molar refractivity (Wildman–Crippen MR) is 62.6 cm³/mol. The van der Waals surface area contributed by atoms with E-state index in [0.717, 1.165) is 5.92 Å². The first-order valence-corrected chi connectivity index (χ1v) is 6.14. The van der Waals surface area contributed by atoms with Gasteiger partial charge in [-0.15, -0.1) is 0 Å². The molecule has 0 aromatic rings. The van der Waals surface area contributed by atoms with E-state index in [1.165, 1.54) is 45.3 Å². The quantitative estimate of drug-likeness (QED) is 0.728. The van der Waals surface area contributed by atoms with E-state index < -0.39 is 0 Å². The molecule has 0 aromatic carbocycles. The van der Waals surface area contributed by atoms with Gasteiger partial charge in [0, 0.05) is 12.6 Å². The minimum atomic E-state index is 0.701. The molecule has 1 saturated heterocycles.